The summed E-state index contributed by atoms with van der Waals surface area (Å²) in [5.41, 5.74) is 1.41. The van der Waals surface area contributed by atoms with Gasteiger partial charge in [-0.15, -0.1) is 0 Å². The molecule has 1 saturated heterocycles. The summed E-state index contributed by atoms with van der Waals surface area (Å²) in [6.07, 6.45) is 0.586. The second-order valence-corrected chi connectivity index (χ2v) is 4.85. The Hall–Kier alpha value is -1.86. The van der Waals surface area contributed by atoms with Gasteiger partial charge in [0.05, 0.1) is 17.5 Å². The van der Waals surface area contributed by atoms with Crippen LogP contribution >= 0.6 is 0 Å². The number of anilines is 1. The van der Waals surface area contributed by atoms with E-state index in [0.29, 0.717) is 13.0 Å². The molecule has 2 aliphatic heterocycles. The van der Waals surface area contributed by atoms with Crippen LogP contribution < -0.4 is 5.32 Å². The van der Waals surface area contributed by atoms with Crippen LogP contribution in [0.1, 0.15) is 12.0 Å². The number of rotatable bonds is 0. The SMILES string of the molecule is CN1CC2(CC1C#N)C(=O)Nc1ccccc12. The third-order valence-corrected chi connectivity index (χ3v) is 3.87. The normalized spacial score (nSPS) is 31.3. The van der Waals surface area contributed by atoms with E-state index in [-0.39, 0.29) is 11.9 Å². The van der Waals surface area contributed by atoms with Crippen molar-refractivity contribution in [2.75, 3.05) is 18.9 Å². The monoisotopic (exact) mass is 227 g/mol. The zero-order valence-electron chi connectivity index (χ0n) is 9.60. The number of amides is 1. The lowest BCUT2D eigenvalue weighted by molar-refractivity contribution is -0.120. The standard InChI is InChI=1S/C13H13N3O/c1-16-8-13(6-9(16)7-14)10-4-2-3-5-11(10)15-12(13)17/h2-5,9H,6,8H2,1H3,(H,15,17). The molecule has 86 valence electrons. The van der Waals surface area contributed by atoms with Gasteiger partial charge in [0.15, 0.2) is 0 Å². The number of likely N-dealkylation sites (N-methyl/N-ethyl adjacent to an activating group) is 1. The lowest BCUT2D eigenvalue weighted by Gasteiger charge is -2.20. The number of hydrogen-bond acceptors (Lipinski definition) is 3. The maximum Gasteiger partial charge on any atom is 0.236 e. The van der Waals surface area contributed by atoms with Crippen LogP contribution in [-0.2, 0) is 10.2 Å². The molecule has 2 aliphatic rings. The van der Waals surface area contributed by atoms with E-state index in [4.69, 9.17) is 5.26 Å². The number of benzene rings is 1. The van der Waals surface area contributed by atoms with E-state index >= 15 is 0 Å². The zero-order valence-corrected chi connectivity index (χ0v) is 9.60. The first-order chi connectivity index (χ1) is 8.17. The van der Waals surface area contributed by atoms with Crippen molar-refractivity contribution >= 4 is 11.6 Å². The number of nitrogens with zero attached hydrogens (tertiary/aromatic N) is 2. The van der Waals surface area contributed by atoms with E-state index in [0.717, 1.165) is 11.3 Å². The summed E-state index contributed by atoms with van der Waals surface area (Å²) in [4.78, 5) is 14.2. The molecule has 2 heterocycles. The molecule has 17 heavy (non-hydrogen) atoms. The van der Waals surface area contributed by atoms with Gasteiger partial charge >= 0.3 is 0 Å². The van der Waals surface area contributed by atoms with Crippen LogP contribution in [0.15, 0.2) is 24.3 Å². The van der Waals surface area contributed by atoms with Gasteiger partial charge in [-0.2, -0.15) is 5.26 Å². The number of hydrogen-bond donors (Lipinski definition) is 1. The predicted octanol–water partition coefficient (Wildman–Crippen LogP) is 1.10. The summed E-state index contributed by atoms with van der Waals surface area (Å²) in [7, 11) is 1.90. The summed E-state index contributed by atoms with van der Waals surface area (Å²) in [6, 6.07) is 9.85. The van der Waals surface area contributed by atoms with Crippen LogP contribution in [0.3, 0.4) is 0 Å². The summed E-state index contributed by atoms with van der Waals surface area (Å²) in [6.45, 7) is 0.619. The largest absolute Gasteiger partial charge is 0.325 e. The van der Waals surface area contributed by atoms with Gasteiger partial charge in [-0.3, -0.25) is 9.69 Å². The van der Waals surface area contributed by atoms with E-state index < -0.39 is 5.41 Å². The highest BCUT2D eigenvalue weighted by molar-refractivity contribution is 6.06. The predicted molar refractivity (Wildman–Crippen MR) is 63.4 cm³/mol. The number of carbonyl (C=O) groups excluding carboxylic acids is 1. The zero-order chi connectivity index (χ0) is 12.0. The lowest BCUT2D eigenvalue weighted by atomic mass is 9.80. The average Bonchev–Trinajstić information content (AvgIpc) is 2.80. The summed E-state index contributed by atoms with van der Waals surface area (Å²) in [5.74, 6) is 0.0308. The van der Waals surface area contributed by atoms with Crippen molar-refractivity contribution in [2.45, 2.75) is 17.9 Å². The fourth-order valence-electron chi connectivity index (χ4n) is 2.96. The average molecular weight is 227 g/mol. The Labute approximate surface area is 99.8 Å². The molecule has 1 aromatic carbocycles. The smallest absolute Gasteiger partial charge is 0.236 e. The molecule has 1 fully saturated rings. The maximum atomic E-state index is 12.2. The van der Waals surface area contributed by atoms with Gasteiger partial charge < -0.3 is 5.32 Å². The second kappa shape index (κ2) is 3.31. The third-order valence-electron chi connectivity index (χ3n) is 3.87. The minimum Gasteiger partial charge on any atom is -0.325 e. The van der Waals surface area contributed by atoms with Crippen molar-refractivity contribution in [3.8, 4) is 6.07 Å². The molecule has 0 aliphatic carbocycles. The van der Waals surface area contributed by atoms with Gasteiger partial charge in [-0.05, 0) is 25.1 Å². The highest BCUT2D eigenvalue weighted by atomic mass is 16.2. The Morgan fingerprint density at radius 1 is 1.53 bits per heavy atom. The van der Waals surface area contributed by atoms with Crippen LogP contribution in [0.25, 0.3) is 0 Å². The van der Waals surface area contributed by atoms with Crippen LogP contribution in [0.5, 0.6) is 0 Å². The molecule has 1 N–H and O–H groups in total. The molecule has 0 aromatic heterocycles. The van der Waals surface area contributed by atoms with E-state index in [9.17, 15) is 4.79 Å². The van der Waals surface area contributed by atoms with Crippen LogP contribution in [0.4, 0.5) is 5.69 Å². The minimum atomic E-state index is -0.522. The summed E-state index contributed by atoms with van der Waals surface area (Å²) < 4.78 is 0. The first-order valence-corrected chi connectivity index (χ1v) is 5.68. The molecule has 3 rings (SSSR count). The van der Waals surface area contributed by atoms with Gasteiger partial charge in [-0.1, -0.05) is 18.2 Å². The second-order valence-electron chi connectivity index (χ2n) is 4.85. The Balaban J connectivity index is 2.10. The van der Waals surface area contributed by atoms with Crippen molar-refractivity contribution in [2.24, 2.45) is 0 Å². The number of carbonyl (C=O) groups is 1. The fraction of sp³-hybridized carbons (Fsp3) is 0.385. The van der Waals surface area contributed by atoms with Gasteiger partial charge in [0, 0.05) is 12.2 Å². The first kappa shape index (κ1) is 10.3. The highest BCUT2D eigenvalue weighted by Gasteiger charge is 2.53. The fourth-order valence-corrected chi connectivity index (χ4v) is 2.96. The van der Waals surface area contributed by atoms with E-state index in [1.165, 1.54) is 0 Å². The molecule has 2 unspecified atom stereocenters. The Kier molecular flexibility index (Phi) is 2.01. The molecule has 2 atom stereocenters. The third kappa shape index (κ3) is 1.23. The number of nitriles is 1. The Bertz CT molecular complexity index is 534. The molecule has 0 radical (unpaired) electrons. The van der Waals surface area contributed by atoms with Crippen molar-refractivity contribution < 1.29 is 4.79 Å². The number of fused-ring (bicyclic) bond motifs is 2. The lowest BCUT2D eigenvalue weighted by Crippen LogP contribution is -2.36. The van der Waals surface area contributed by atoms with E-state index in [1.807, 2.05) is 36.2 Å². The van der Waals surface area contributed by atoms with Crippen molar-refractivity contribution in [3.05, 3.63) is 29.8 Å². The molecule has 0 bridgehead atoms. The first-order valence-electron chi connectivity index (χ1n) is 5.68. The van der Waals surface area contributed by atoms with Crippen molar-refractivity contribution in [3.63, 3.8) is 0 Å². The highest BCUT2D eigenvalue weighted by Crippen LogP contribution is 2.45. The topological polar surface area (TPSA) is 56.1 Å². The molecule has 4 nitrogen and oxygen atoms in total. The van der Waals surface area contributed by atoms with Gasteiger partial charge in [0.1, 0.15) is 0 Å². The van der Waals surface area contributed by atoms with E-state index in [2.05, 4.69) is 11.4 Å². The molecule has 0 saturated carbocycles. The summed E-state index contributed by atoms with van der Waals surface area (Å²) in [5, 5.41) is 12.0. The number of likely N-dealkylation sites (tertiary alicyclic amines) is 1. The molecular formula is C13H13N3O. The van der Waals surface area contributed by atoms with Crippen LogP contribution in [0, 0.1) is 11.3 Å². The van der Waals surface area contributed by atoms with Gasteiger partial charge in [-0.25, -0.2) is 0 Å². The summed E-state index contributed by atoms with van der Waals surface area (Å²) >= 11 is 0. The minimum absolute atomic E-state index is 0.0308. The molecule has 1 aromatic rings. The number of nitrogens with one attached hydrogen (secondary N) is 1. The Morgan fingerprint density at radius 3 is 3.00 bits per heavy atom. The number of para-hydroxylation sites is 1. The van der Waals surface area contributed by atoms with Crippen molar-refractivity contribution in [1.29, 1.82) is 5.26 Å². The van der Waals surface area contributed by atoms with Crippen LogP contribution in [-0.4, -0.2) is 30.4 Å². The van der Waals surface area contributed by atoms with E-state index in [1.54, 1.807) is 0 Å². The van der Waals surface area contributed by atoms with Gasteiger partial charge in [0.25, 0.3) is 0 Å². The van der Waals surface area contributed by atoms with Gasteiger partial charge in [0.2, 0.25) is 5.91 Å². The molecule has 4 heteroatoms. The van der Waals surface area contributed by atoms with Crippen LogP contribution in [0.2, 0.25) is 0 Å². The quantitative estimate of drug-likeness (QED) is 0.722. The molecule has 1 spiro atoms. The molecule has 1 amide bonds. The molecular weight excluding hydrogens is 214 g/mol. The maximum absolute atomic E-state index is 12.2. The Morgan fingerprint density at radius 2 is 2.29 bits per heavy atom. The van der Waals surface area contributed by atoms with Crippen molar-refractivity contribution in [1.82, 2.24) is 4.90 Å².